The fourth-order valence-corrected chi connectivity index (χ4v) is 2.66. The lowest BCUT2D eigenvalue weighted by atomic mass is 10.00. The van der Waals surface area contributed by atoms with Gasteiger partial charge in [-0.1, -0.05) is 29.3 Å². The predicted octanol–water partition coefficient (Wildman–Crippen LogP) is 2.83. The third-order valence-electron chi connectivity index (χ3n) is 3.57. The van der Waals surface area contributed by atoms with Crippen molar-refractivity contribution >= 4 is 0 Å². The summed E-state index contributed by atoms with van der Waals surface area (Å²) in [5.74, 6) is 0. The van der Waals surface area contributed by atoms with Crippen molar-refractivity contribution in [3.05, 3.63) is 65.0 Å². The van der Waals surface area contributed by atoms with E-state index in [1.54, 1.807) is 0 Å². The topological polar surface area (TPSA) is 42.1 Å². The second kappa shape index (κ2) is 6.64. The lowest BCUT2D eigenvalue weighted by Crippen LogP contribution is -2.30. The normalized spacial score (nSPS) is 12.7. The van der Waals surface area contributed by atoms with E-state index in [-0.39, 0.29) is 6.04 Å². The van der Waals surface area contributed by atoms with Crippen LogP contribution in [0.5, 0.6) is 0 Å². The van der Waals surface area contributed by atoms with Crippen LogP contribution < -0.4 is 5.73 Å². The Labute approximate surface area is 121 Å². The molecule has 1 aromatic carbocycles. The first-order valence-corrected chi connectivity index (χ1v) is 6.97. The summed E-state index contributed by atoms with van der Waals surface area (Å²) in [6.07, 6.45) is 3.66. The van der Waals surface area contributed by atoms with Gasteiger partial charge in [-0.2, -0.15) is 0 Å². The quantitative estimate of drug-likeness (QED) is 0.907. The van der Waals surface area contributed by atoms with Crippen LogP contribution in [0.2, 0.25) is 0 Å². The highest BCUT2D eigenvalue weighted by molar-refractivity contribution is 5.31. The Morgan fingerprint density at radius 3 is 2.25 bits per heavy atom. The van der Waals surface area contributed by atoms with Crippen LogP contribution in [0.15, 0.2) is 42.7 Å². The zero-order valence-corrected chi connectivity index (χ0v) is 12.5. The average molecular weight is 269 g/mol. The summed E-state index contributed by atoms with van der Waals surface area (Å²) < 4.78 is 0. The van der Waals surface area contributed by atoms with Gasteiger partial charge < -0.3 is 5.73 Å². The minimum absolute atomic E-state index is 0.238. The molecule has 0 aliphatic heterocycles. The summed E-state index contributed by atoms with van der Waals surface area (Å²) in [5.41, 5.74) is 11.1. The molecule has 2 aromatic rings. The van der Waals surface area contributed by atoms with E-state index in [0.717, 1.165) is 6.54 Å². The highest BCUT2D eigenvalue weighted by Gasteiger charge is 2.16. The number of likely N-dealkylation sites (N-methyl/N-ethyl adjacent to an activating group) is 1. The van der Waals surface area contributed by atoms with Gasteiger partial charge >= 0.3 is 0 Å². The smallest absolute Gasteiger partial charge is 0.0471 e. The third-order valence-corrected chi connectivity index (χ3v) is 3.57. The minimum Gasteiger partial charge on any atom is -0.329 e. The number of benzene rings is 1. The highest BCUT2D eigenvalue weighted by atomic mass is 15.1. The van der Waals surface area contributed by atoms with Gasteiger partial charge in [0.25, 0.3) is 0 Å². The standard InChI is InChI=1S/C17H23N3/c1-13-8-14(2)10-16(9-13)17(11-18)20(3)12-15-4-6-19-7-5-15/h4-10,17H,11-12,18H2,1-3H3. The first-order valence-electron chi connectivity index (χ1n) is 6.97. The summed E-state index contributed by atoms with van der Waals surface area (Å²) in [6.45, 7) is 5.75. The van der Waals surface area contributed by atoms with E-state index in [9.17, 15) is 0 Å². The monoisotopic (exact) mass is 269 g/mol. The van der Waals surface area contributed by atoms with Gasteiger partial charge in [-0.25, -0.2) is 0 Å². The zero-order chi connectivity index (χ0) is 14.5. The minimum atomic E-state index is 0.238. The van der Waals surface area contributed by atoms with E-state index >= 15 is 0 Å². The maximum Gasteiger partial charge on any atom is 0.0471 e. The van der Waals surface area contributed by atoms with Crippen LogP contribution >= 0.6 is 0 Å². The van der Waals surface area contributed by atoms with E-state index in [1.165, 1.54) is 22.3 Å². The van der Waals surface area contributed by atoms with Crippen LogP contribution in [0.1, 0.15) is 28.3 Å². The number of pyridine rings is 1. The number of hydrogen-bond acceptors (Lipinski definition) is 3. The van der Waals surface area contributed by atoms with Gasteiger partial charge in [0.05, 0.1) is 0 Å². The molecule has 0 fully saturated rings. The van der Waals surface area contributed by atoms with Gasteiger partial charge in [-0.3, -0.25) is 9.88 Å². The van der Waals surface area contributed by atoms with Crippen LogP contribution in [0.4, 0.5) is 0 Å². The van der Waals surface area contributed by atoms with Crippen molar-refractivity contribution in [3.63, 3.8) is 0 Å². The fraction of sp³-hybridized carbons (Fsp3) is 0.353. The SMILES string of the molecule is Cc1cc(C)cc(C(CN)N(C)Cc2ccncc2)c1. The van der Waals surface area contributed by atoms with Crippen molar-refractivity contribution in [2.45, 2.75) is 26.4 Å². The summed E-state index contributed by atoms with van der Waals surface area (Å²) in [4.78, 5) is 6.35. The van der Waals surface area contributed by atoms with Gasteiger partial charge in [0.1, 0.15) is 0 Å². The van der Waals surface area contributed by atoms with Gasteiger partial charge in [-0.05, 0) is 44.2 Å². The van der Waals surface area contributed by atoms with E-state index in [2.05, 4.69) is 49.0 Å². The van der Waals surface area contributed by atoms with E-state index in [1.807, 2.05) is 24.5 Å². The maximum absolute atomic E-state index is 6.01. The van der Waals surface area contributed by atoms with Gasteiger partial charge in [0.2, 0.25) is 0 Å². The van der Waals surface area contributed by atoms with Crippen LogP contribution in [0.3, 0.4) is 0 Å². The molecule has 0 aliphatic carbocycles. The van der Waals surface area contributed by atoms with Crippen LogP contribution in [-0.2, 0) is 6.54 Å². The second-order valence-electron chi connectivity index (χ2n) is 5.44. The van der Waals surface area contributed by atoms with Crippen LogP contribution in [-0.4, -0.2) is 23.5 Å². The molecule has 1 heterocycles. The number of nitrogens with zero attached hydrogens (tertiary/aromatic N) is 2. The first kappa shape index (κ1) is 14.7. The van der Waals surface area contributed by atoms with Gasteiger partial charge in [0.15, 0.2) is 0 Å². The van der Waals surface area contributed by atoms with Crippen molar-refractivity contribution in [2.24, 2.45) is 5.73 Å². The first-order chi connectivity index (χ1) is 9.60. The molecule has 1 aromatic heterocycles. The molecular weight excluding hydrogens is 246 g/mol. The molecule has 3 nitrogen and oxygen atoms in total. The van der Waals surface area contributed by atoms with Crippen LogP contribution in [0.25, 0.3) is 0 Å². The molecule has 1 atom stereocenters. The molecule has 0 spiro atoms. The lowest BCUT2D eigenvalue weighted by Gasteiger charge is -2.28. The molecule has 106 valence electrons. The van der Waals surface area contributed by atoms with E-state index in [0.29, 0.717) is 6.54 Å². The molecule has 0 saturated heterocycles. The van der Waals surface area contributed by atoms with Gasteiger partial charge in [0, 0.05) is 31.5 Å². The Morgan fingerprint density at radius 2 is 1.70 bits per heavy atom. The molecule has 20 heavy (non-hydrogen) atoms. The number of aryl methyl sites for hydroxylation is 2. The number of hydrogen-bond donors (Lipinski definition) is 1. The number of nitrogens with two attached hydrogens (primary N) is 1. The van der Waals surface area contributed by atoms with Gasteiger partial charge in [-0.15, -0.1) is 0 Å². The molecule has 2 rings (SSSR count). The lowest BCUT2D eigenvalue weighted by molar-refractivity contribution is 0.241. The third kappa shape index (κ3) is 3.65. The highest BCUT2D eigenvalue weighted by Crippen LogP contribution is 2.22. The Morgan fingerprint density at radius 1 is 1.10 bits per heavy atom. The Kier molecular flexibility index (Phi) is 4.88. The predicted molar refractivity (Wildman–Crippen MR) is 83.4 cm³/mol. The largest absolute Gasteiger partial charge is 0.329 e. The molecule has 1 unspecified atom stereocenters. The summed E-state index contributed by atoms with van der Waals surface area (Å²) in [7, 11) is 2.12. The molecule has 0 bridgehead atoms. The van der Waals surface area contributed by atoms with E-state index < -0.39 is 0 Å². The summed E-state index contributed by atoms with van der Waals surface area (Å²) in [6, 6.07) is 11.0. The number of aromatic nitrogens is 1. The van der Waals surface area contributed by atoms with Crippen molar-refractivity contribution < 1.29 is 0 Å². The zero-order valence-electron chi connectivity index (χ0n) is 12.5. The Bertz CT molecular complexity index is 531. The summed E-state index contributed by atoms with van der Waals surface area (Å²) >= 11 is 0. The molecule has 2 N–H and O–H groups in total. The maximum atomic E-state index is 6.01. The second-order valence-corrected chi connectivity index (χ2v) is 5.44. The van der Waals surface area contributed by atoms with E-state index in [4.69, 9.17) is 5.73 Å². The van der Waals surface area contributed by atoms with Crippen molar-refractivity contribution in [3.8, 4) is 0 Å². The Balaban J connectivity index is 2.18. The van der Waals surface area contributed by atoms with Crippen molar-refractivity contribution in [2.75, 3.05) is 13.6 Å². The molecule has 0 aliphatic rings. The average Bonchev–Trinajstić information content (AvgIpc) is 2.39. The molecule has 0 radical (unpaired) electrons. The molecule has 0 saturated carbocycles. The summed E-state index contributed by atoms with van der Waals surface area (Å²) in [5, 5.41) is 0. The van der Waals surface area contributed by atoms with Crippen molar-refractivity contribution in [1.29, 1.82) is 0 Å². The molecule has 0 amide bonds. The van der Waals surface area contributed by atoms with Crippen LogP contribution in [0, 0.1) is 13.8 Å². The fourth-order valence-electron chi connectivity index (χ4n) is 2.66. The van der Waals surface area contributed by atoms with Crippen molar-refractivity contribution in [1.82, 2.24) is 9.88 Å². The molecular formula is C17H23N3. The Hall–Kier alpha value is -1.71. The number of rotatable bonds is 5. The molecule has 3 heteroatoms.